The van der Waals surface area contributed by atoms with Crippen LogP contribution in [0, 0.1) is 5.41 Å². The molecular formula is C34H27N9O14S4. The highest BCUT2D eigenvalue weighted by Crippen LogP contribution is 2.46. The van der Waals surface area contributed by atoms with Crippen molar-refractivity contribution in [2.24, 2.45) is 30.7 Å². The number of nitrogens with two attached hydrogens (primary N) is 2. The number of hydrogen-bond acceptors (Lipinski definition) is 23. The summed E-state index contributed by atoms with van der Waals surface area (Å²) < 4.78 is 81.3. The van der Waals surface area contributed by atoms with Crippen molar-refractivity contribution in [3.63, 3.8) is 0 Å². The van der Waals surface area contributed by atoms with Crippen molar-refractivity contribution in [2.75, 3.05) is 18.6 Å². The summed E-state index contributed by atoms with van der Waals surface area (Å²) in [6.45, 7) is 0. The molecule has 0 radical (unpaired) electrons. The van der Waals surface area contributed by atoms with Gasteiger partial charge in [0.15, 0.2) is 5.75 Å². The third-order valence-corrected chi connectivity index (χ3v) is 11.3. The molecule has 27 heteroatoms. The van der Waals surface area contributed by atoms with Crippen LogP contribution in [0.2, 0.25) is 0 Å². The van der Waals surface area contributed by atoms with E-state index in [-0.39, 0.29) is 82.9 Å². The zero-order valence-corrected chi connectivity index (χ0v) is 33.7. The minimum atomic E-state index is -4.72. The van der Waals surface area contributed by atoms with Gasteiger partial charge in [-0.3, -0.25) is 14.5 Å². The van der Waals surface area contributed by atoms with Gasteiger partial charge < -0.3 is 21.3 Å². The first kappa shape index (κ1) is 44.3. The number of fused-ring (bicyclic) bond motifs is 2. The molecule has 0 unspecified atom stereocenters. The van der Waals surface area contributed by atoms with Gasteiger partial charge in [0.05, 0.1) is 85.6 Å². The SMILES string of the molecule is COC(=N)c1ccc(N=Nc2ccc(N=Nc3c(SOOO)cc4ccc(N=Nc5cc(S(=O)(=O)O)c(N)cc5N)cc4c3O)c3cc(S(=O)(=O)O)ccc23)cc1SOOO. The summed E-state index contributed by atoms with van der Waals surface area (Å²) in [6.07, 6.45) is 0. The lowest BCUT2D eigenvalue weighted by molar-refractivity contribution is -0.432. The minimum absolute atomic E-state index is 0.0180. The molecule has 61 heavy (non-hydrogen) atoms. The Morgan fingerprint density at radius 1 is 0.639 bits per heavy atom. The molecule has 10 N–H and O–H groups in total. The summed E-state index contributed by atoms with van der Waals surface area (Å²) >= 11 is 1.01. The zero-order chi connectivity index (χ0) is 44.1. The molecule has 0 fully saturated rings. The van der Waals surface area contributed by atoms with Crippen molar-refractivity contribution in [2.45, 2.75) is 19.6 Å². The molecule has 0 aliphatic rings. The van der Waals surface area contributed by atoms with Gasteiger partial charge in [0.1, 0.15) is 16.3 Å². The average molecular weight is 914 g/mol. The summed E-state index contributed by atoms with van der Waals surface area (Å²) in [6, 6.07) is 18.8. The molecule has 0 aliphatic carbocycles. The number of rotatable bonds is 15. The Kier molecular flexibility index (Phi) is 13.5. The standard InChI is InChI=1S/C34H27N9O14S4/c1-53-34(37)21-6-4-18(12-29(21)58-56-54-45)39-40-26-8-9-27(23-13-19(60(47,48)49)5-7-20(23)26)41-43-32-30(59-57-55-46)10-16-2-3-17(11-22(16)33(32)44)38-42-28-15-31(61(50,51)52)25(36)14-24(28)35/h2-15,37,44-46H,35-36H2,1H3,(H,47,48,49)(H,50,51,52). The molecule has 316 valence electrons. The highest BCUT2D eigenvalue weighted by molar-refractivity contribution is 7.95. The van der Waals surface area contributed by atoms with Crippen LogP contribution in [0.4, 0.5) is 45.5 Å². The summed E-state index contributed by atoms with van der Waals surface area (Å²) in [4.78, 5) is -0.796. The van der Waals surface area contributed by atoms with E-state index in [9.17, 15) is 31.0 Å². The second-order valence-corrected chi connectivity index (χ2v) is 16.2. The molecule has 0 aliphatic heterocycles. The van der Waals surface area contributed by atoms with Gasteiger partial charge in [-0.1, -0.05) is 22.2 Å². The first-order valence-corrected chi connectivity index (χ1v) is 20.7. The van der Waals surface area contributed by atoms with Crippen LogP contribution in [-0.2, 0) is 43.7 Å². The van der Waals surface area contributed by atoms with E-state index in [1.54, 1.807) is 0 Å². The number of anilines is 2. The molecule has 0 amide bonds. The monoisotopic (exact) mass is 913 g/mol. The Morgan fingerprint density at radius 2 is 1.26 bits per heavy atom. The van der Waals surface area contributed by atoms with E-state index in [1.165, 1.54) is 67.8 Å². The number of phenols is 1. The van der Waals surface area contributed by atoms with Gasteiger partial charge in [0.25, 0.3) is 20.2 Å². The molecule has 6 rings (SSSR count). The number of aromatic hydroxyl groups is 1. The quantitative estimate of drug-likeness (QED) is 0.00694. The van der Waals surface area contributed by atoms with Crippen LogP contribution in [0.1, 0.15) is 5.56 Å². The van der Waals surface area contributed by atoms with E-state index >= 15 is 0 Å². The molecule has 0 spiro atoms. The van der Waals surface area contributed by atoms with Gasteiger partial charge >= 0.3 is 0 Å². The fraction of sp³-hybridized carbons (Fsp3) is 0.0294. The second kappa shape index (κ2) is 18.6. The Bertz CT molecular complexity index is 3030. The van der Waals surface area contributed by atoms with Crippen LogP contribution in [0.5, 0.6) is 5.75 Å². The lowest BCUT2D eigenvalue weighted by Gasteiger charge is -2.10. The van der Waals surface area contributed by atoms with Gasteiger partial charge in [0.2, 0.25) is 5.90 Å². The van der Waals surface area contributed by atoms with E-state index in [0.29, 0.717) is 29.5 Å². The molecular weight excluding hydrogens is 887 g/mol. The van der Waals surface area contributed by atoms with Gasteiger partial charge in [-0.2, -0.15) is 27.1 Å². The largest absolute Gasteiger partial charge is 0.505 e. The van der Waals surface area contributed by atoms with Crippen LogP contribution < -0.4 is 11.5 Å². The van der Waals surface area contributed by atoms with E-state index in [4.69, 9.17) is 32.1 Å². The number of nitrogen functional groups attached to an aromatic ring is 2. The number of azo groups is 3. The second-order valence-electron chi connectivity index (χ2n) is 12.0. The molecule has 0 aromatic heterocycles. The number of nitrogens with one attached hydrogen (secondary N) is 1. The number of hydrogen-bond donors (Lipinski definition) is 8. The summed E-state index contributed by atoms with van der Waals surface area (Å²) in [5.41, 5.74) is 11.7. The molecule has 23 nitrogen and oxygen atoms in total. The third-order valence-electron chi connectivity index (χ3n) is 8.24. The first-order chi connectivity index (χ1) is 29.0. The average Bonchev–Trinajstić information content (AvgIpc) is 3.22. The zero-order valence-electron chi connectivity index (χ0n) is 30.5. The predicted molar refractivity (Wildman–Crippen MR) is 219 cm³/mol. The van der Waals surface area contributed by atoms with Crippen LogP contribution in [0.3, 0.4) is 0 Å². The van der Waals surface area contributed by atoms with Crippen molar-refractivity contribution in [3.05, 3.63) is 90.5 Å². The maximum atomic E-state index is 12.2. The van der Waals surface area contributed by atoms with Crippen LogP contribution in [0.25, 0.3) is 21.5 Å². The van der Waals surface area contributed by atoms with Gasteiger partial charge in [0, 0.05) is 16.2 Å². The van der Waals surface area contributed by atoms with E-state index in [0.717, 1.165) is 24.3 Å². The number of ether oxygens (including phenoxy) is 1. The molecule has 0 bridgehead atoms. The maximum Gasteiger partial charge on any atom is 0.296 e. The van der Waals surface area contributed by atoms with E-state index < -0.39 is 35.8 Å². The molecule has 0 saturated heterocycles. The Labute approximate surface area is 351 Å². The number of benzene rings is 6. The summed E-state index contributed by atoms with van der Waals surface area (Å²) in [5, 5.41) is 70.4. The van der Waals surface area contributed by atoms with E-state index in [1.807, 2.05) is 0 Å². The number of phenolic OH excluding ortho intramolecular Hbond substituents is 1. The molecule has 6 aromatic rings. The van der Waals surface area contributed by atoms with Crippen LogP contribution >= 0.6 is 24.1 Å². The molecule has 0 heterocycles. The topological polar surface area (TPSA) is 366 Å². The molecule has 0 atom stereocenters. The van der Waals surface area contributed by atoms with Crippen molar-refractivity contribution in [1.29, 1.82) is 5.41 Å². The van der Waals surface area contributed by atoms with Gasteiger partial charge in [-0.15, -0.1) is 29.1 Å². The van der Waals surface area contributed by atoms with Crippen LogP contribution in [0.15, 0.2) is 135 Å². The van der Waals surface area contributed by atoms with Gasteiger partial charge in [-0.25, -0.2) is 10.5 Å². The highest BCUT2D eigenvalue weighted by Gasteiger charge is 2.20. The van der Waals surface area contributed by atoms with Crippen LogP contribution in [-0.4, -0.2) is 54.6 Å². The van der Waals surface area contributed by atoms with Crippen molar-refractivity contribution in [3.8, 4) is 5.75 Å². The Balaban J connectivity index is 1.42. The third kappa shape index (κ3) is 10.2. The minimum Gasteiger partial charge on any atom is -0.505 e. The summed E-state index contributed by atoms with van der Waals surface area (Å²) in [7, 11) is -8.14. The lowest BCUT2D eigenvalue weighted by atomic mass is 10.1. The first-order valence-electron chi connectivity index (χ1n) is 16.3. The van der Waals surface area contributed by atoms with Crippen molar-refractivity contribution < 1.29 is 65.0 Å². The van der Waals surface area contributed by atoms with E-state index in [2.05, 4.69) is 49.4 Å². The molecule has 6 aromatic carbocycles. The number of nitrogens with zero attached hydrogens (tertiary/aromatic N) is 6. The lowest BCUT2D eigenvalue weighted by Crippen LogP contribution is -2.04. The fourth-order valence-electron chi connectivity index (χ4n) is 5.47. The predicted octanol–water partition coefficient (Wildman–Crippen LogP) is 9.43. The fourth-order valence-corrected chi connectivity index (χ4v) is 7.61. The van der Waals surface area contributed by atoms with Crippen molar-refractivity contribution in [1.82, 2.24) is 0 Å². The Morgan fingerprint density at radius 3 is 1.92 bits per heavy atom. The Hall–Kier alpha value is -6.21. The summed E-state index contributed by atoms with van der Waals surface area (Å²) in [5.74, 6) is -0.708. The normalized spacial score (nSPS) is 12.4. The number of methoxy groups -OCH3 is 1. The molecule has 0 saturated carbocycles. The highest BCUT2D eigenvalue weighted by atomic mass is 32.2. The maximum absolute atomic E-state index is 12.2. The van der Waals surface area contributed by atoms with Crippen molar-refractivity contribution >= 4 is 117 Å². The smallest absolute Gasteiger partial charge is 0.296 e. The van der Waals surface area contributed by atoms with Gasteiger partial charge in [-0.05, 0) is 78.2 Å².